The van der Waals surface area contributed by atoms with Gasteiger partial charge in [-0.1, -0.05) is 13.8 Å². The van der Waals surface area contributed by atoms with Gasteiger partial charge in [-0.3, -0.25) is 0 Å². The molecule has 3 heteroatoms. The molecule has 1 atom stereocenters. The fourth-order valence-corrected chi connectivity index (χ4v) is 0.730. The topological polar surface area (TPSA) is 61.3 Å². The van der Waals surface area contributed by atoms with Crippen molar-refractivity contribution in [1.82, 2.24) is 0 Å². The second kappa shape index (κ2) is 3.91. The largest absolute Gasteiger partial charge is 0.383 e. The minimum Gasteiger partial charge on any atom is -0.383 e. The third-order valence-electron chi connectivity index (χ3n) is 1.94. The third-order valence-corrected chi connectivity index (χ3v) is 1.94. The molecule has 4 N–H and O–H groups in total. The van der Waals surface area contributed by atoms with Crippen molar-refractivity contribution < 1.29 is 4.74 Å². The summed E-state index contributed by atoms with van der Waals surface area (Å²) in [5.74, 6) is 0.359. The lowest BCUT2D eigenvalue weighted by Crippen LogP contribution is -2.54. The molecule has 10 heavy (non-hydrogen) atoms. The number of hydrogen-bond donors (Lipinski definition) is 2. The summed E-state index contributed by atoms with van der Waals surface area (Å²) in [5.41, 5.74) is 11.0. The number of ether oxygens (including phenoxy) is 1. The van der Waals surface area contributed by atoms with E-state index in [0.717, 1.165) is 0 Å². The lowest BCUT2D eigenvalue weighted by molar-refractivity contribution is 0.109. The van der Waals surface area contributed by atoms with Crippen LogP contribution in [0.15, 0.2) is 0 Å². The molecule has 0 heterocycles. The van der Waals surface area contributed by atoms with E-state index in [-0.39, 0.29) is 5.54 Å². The summed E-state index contributed by atoms with van der Waals surface area (Å²) in [6.07, 6.45) is 0. The van der Waals surface area contributed by atoms with Gasteiger partial charge in [0.25, 0.3) is 0 Å². The van der Waals surface area contributed by atoms with Crippen LogP contribution in [0.3, 0.4) is 0 Å². The smallest absolute Gasteiger partial charge is 0.0657 e. The van der Waals surface area contributed by atoms with Crippen molar-refractivity contribution in [2.45, 2.75) is 19.4 Å². The standard InChI is InChI=1S/C7H18N2O/c1-6(2)7(9,4-8)5-10-3/h6H,4-5,8-9H2,1-3H3. The van der Waals surface area contributed by atoms with E-state index in [4.69, 9.17) is 16.2 Å². The zero-order chi connectivity index (χ0) is 8.20. The van der Waals surface area contributed by atoms with E-state index < -0.39 is 0 Å². The summed E-state index contributed by atoms with van der Waals surface area (Å²) in [7, 11) is 1.64. The molecule has 0 aliphatic rings. The highest BCUT2D eigenvalue weighted by molar-refractivity contribution is 4.87. The van der Waals surface area contributed by atoms with Crippen molar-refractivity contribution in [3.05, 3.63) is 0 Å². The van der Waals surface area contributed by atoms with Gasteiger partial charge in [0.2, 0.25) is 0 Å². The van der Waals surface area contributed by atoms with Crippen molar-refractivity contribution in [2.24, 2.45) is 17.4 Å². The maximum Gasteiger partial charge on any atom is 0.0657 e. The van der Waals surface area contributed by atoms with E-state index in [1.165, 1.54) is 0 Å². The highest BCUT2D eigenvalue weighted by atomic mass is 16.5. The van der Waals surface area contributed by atoms with Crippen molar-refractivity contribution in [1.29, 1.82) is 0 Å². The van der Waals surface area contributed by atoms with Gasteiger partial charge in [-0.25, -0.2) is 0 Å². The molecule has 0 rings (SSSR count). The van der Waals surface area contributed by atoms with Crippen molar-refractivity contribution >= 4 is 0 Å². The van der Waals surface area contributed by atoms with Gasteiger partial charge in [0.05, 0.1) is 12.1 Å². The van der Waals surface area contributed by atoms with Gasteiger partial charge in [-0.2, -0.15) is 0 Å². The molecule has 0 radical (unpaired) electrons. The highest BCUT2D eigenvalue weighted by Crippen LogP contribution is 2.11. The Morgan fingerprint density at radius 1 is 1.50 bits per heavy atom. The van der Waals surface area contributed by atoms with Gasteiger partial charge in [-0.05, 0) is 5.92 Å². The van der Waals surface area contributed by atoms with Gasteiger partial charge in [-0.15, -0.1) is 0 Å². The number of nitrogens with two attached hydrogens (primary N) is 2. The Morgan fingerprint density at radius 2 is 2.00 bits per heavy atom. The first-order chi connectivity index (χ1) is 4.56. The molecule has 62 valence electrons. The fraction of sp³-hybridized carbons (Fsp3) is 1.00. The molecular formula is C7H18N2O. The number of methoxy groups -OCH3 is 1. The van der Waals surface area contributed by atoms with Crippen LogP contribution in [-0.2, 0) is 4.74 Å². The minimum atomic E-state index is -0.352. The lowest BCUT2D eigenvalue weighted by Gasteiger charge is -2.31. The van der Waals surface area contributed by atoms with E-state index >= 15 is 0 Å². The number of hydrogen-bond acceptors (Lipinski definition) is 3. The molecule has 0 saturated heterocycles. The molecule has 0 saturated carbocycles. The Bertz CT molecular complexity index is 95.6. The monoisotopic (exact) mass is 146 g/mol. The predicted octanol–water partition coefficient (Wildman–Crippen LogP) is -0.0550. The van der Waals surface area contributed by atoms with Crippen molar-refractivity contribution in [2.75, 3.05) is 20.3 Å². The van der Waals surface area contributed by atoms with Gasteiger partial charge < -0.3 is 16.2 Å². The van der Waals surface area contributed by atoms with Crippen LogP contribution in [0.25, 0.3) is 0 Å². The van der Waals surface area contributed by atoms with E-state index in [0.29, 0.717) is 19.1 Å². The normalized spacial score (nSPS) is 17.4. The summed E-state index contributed by atoms with van der Waals surface area (Å²) in [6.45, 7) is 5.09. The maximum absolute atomic E-state index is 5.90. The molecule has 0 spiro atoms. The van der Waals surface area contributed by atoms with Gasteiger partial charge in [0, 0.05) is 13.7 Å². The first kappa shape index (κ1) is 9.88. The van der Waals surface area contributed by atoms with Gasteiger partial charge in [0.15, 0.2) is 0 Å². The molecular weight excluding hydrogens is 128 g/mol. The maximum atomic E-state index is 5.90. The number of rotatable bonds is 4. The van der Waals surface area contributed by atoms with E-state index in [2.05, 4.69) is 0 Å². The molecule has 0 bridgehead atoms. The van der Waals surface area contributed by atoms with Crippen LogP contribution in [-0.4, -0.2) is 25.8 Å². The van der Waals surface area contributed by atoms with Crippen LogP contribution in [0.1, 0.15) is 13.8 Å². The SMILES string of the molecule is COCC(N)(CN)C(C)C. The molecule has 0 fully saturated rings. The van der Waals surface area contributed by atoms with E-state index in [1.807, 2.05) is 13.8 Å². The average molecular weight is 146 g/mol. The Hall–Kier alpha value is -0.120. The minimum absolute atomic E-state index is 0.352. The second-order valence-electron chi connectivity index (χ2n) is 3.03. The lowest BCUT2D eigenvalue weighted by atomic mass is 9.88. The summed E-state index contributed by atoms with van der Waals surface area (Å²) >= 11 is 0. The van der Waals surface area contributed by atoms with Crippen LogP contribution in [0.5, 0.6) is 0 Å². The summed E-state index contributed by atoms with van der Waals surface area (Å²) in [4.78, 5) is 0. The summed E-state index contributed by atoms with van der Waals surface area (Å²) in [5, 5.41) is 0. The second-order valence-corrected chi connectivity index (χ2v) is 3.03. The fourth-order valence-electron chi connectivity index (χ4n) is 0.730. The predicted molar refractivity (Wildman–Crippen MR) is 42.7 cm³/mol. The van der Waals surface area contributed by atoms with Crippen molar-refractivity contribution in [3.8, 4) is 0 Å². The Labute approximate surface area is 62.7 Å². The van der Waals surface area contributed by atoms with Crippen LogP contribution in [0, 0.1) is 5.92 Å². The van der Waals surface area contributed by atoms with Crippen molar-refractivity contribution in [3.63, 3.8) is 0 Å². The summed E-state index contributed by atoms with van der Waals surface area (Å²) in [6, 6.07) is 0. The van der Waals surface area contributed by atoms with E-state index in [9.17, 15) is 0 Å². The molecule has 0 amide bonds. The first-order valence-electron chi connectivity index (χ1n) is 3.54. The molecule has 0 aliphatic heterocycles. The van der Waals surface area contributed by atoms with Crippen LogP contribution in [0.4, 0.5) is 0 Å². The highest BCUT2D eigenvalue weighted by Gasteiger charge is 2.26. The Balaban J connectivity index is 3.94. The molecule has 0 aromatic heterocycles. The van der Waals surface area contributed by atoms with Gasteiger partial charge >= 0.3 is 0 Å². The first-order valence-corrected chi connectivity index (χ1v) is 3.54. The molecule has 1 unspecified atom stereocenters. The molecule has 0 aromatic rings. The summed E-state index contributed by atoms with van der Waals surface area (Å²) < 4.78 is 4.95. The average Bonchev–Trinajstić information content (AvgIpc) is 1.88. The van der Waals surface area contributed by atoms with E-state index in [1.54, 1.807) is 7.11 Å². The zero-order valence-electron chi connectivity index (χ0n) is 7.05. The Morgan fingerprint density at radius 3 is 2.10 bits per heavy atom. The molecule has 0 aromatic carbocycles. The van der Waals surface area contributed by atoms with Crippen LogP contribution >= 0.6 is 0 Å². The Kier molecular flexibility index (Phi) is 3.86. The van der Waals surface area contributed by atoms with Gasteiger partial charge in [0.1, 0.15) is 0 Å². The van der Waals surface area contributed by atoms with Crippen LogP contribution in [0.2, 0.25) is 0 Å². The zero-order valence-corrected chi connectivity index (χ0v) is 7.05. The van der Waals surface area contributed by atoms with Crippen LogP contribution < -0.4 is 11.5 Å². The molecule has 0 aliphatic carbocycles. The quantitative estimate of drug-likeness (QED) is 0.584. The molecule has 3 nitrogen and oxygen atoms in total. The third kappa shape index (κ3) is 2.25.